The van der Waals surface area contributed by atoms with Gasteiger partial charge < -0.3 is 0 Å². The van der Waals surface area contributed by atoms with Crippen molar-refractivity contribution in [2.24, 2.45) is 5.10 Å². The molecule has 0 saturated carbocycles. The highest BCUT2D eigenvalue weighted by atomic mass is 79.9. The van der Waals surface area contributed by atoms with Gasteiger partial charge in [0.25, 0.3) is 0 Å². The summed E-state index contributed by atoms with van der Waals surface area (Å²) in [5.41, 5.74) is 7.63. The zero-order valence-electron chi connectivity index (χ0n) is 15.1. The molecule has 0 bridgehead atoms. The molecule has 1 aliphatic heterocycles. The summed E-state index contributed by atoms with van der Waals surface area (Å²) in [6.07, 6.45) is 0. The van der Waals surface area contributed by atoms with Crippen molar-refractivity contribution < 1.29 is 0 Å². The molecule has 0 atom stereocenters. The van der Waals surface area contributed by atoms with Crippen LogP contribution in [-0.4, -0.2) is 10.8 Å². The molecule has 7 heteroatoms. The molecule has 3 aromatic carbocycles. The van der Waals surface area contributed by atoms with E-state index in [9.17, 15) is 0 Å². The van der Waals surface area contributed by atoms with Crippen LogP contribution < -0.4 is 15.7 Å². The molecule has 5 nitrogen and oxygen atoms in total. The minimum atomic E-state index is 0. The quantitative estimate of drug-likeness (QED) is 0.459. The number of thiazole rings is 1. The molecule has 28 heavy (non-hydrogen) atoms. The number of halogens is 1. The van der Waals surface area contributed by atoms with Gasteiger partial charge in [-0.1, -0.05) is 71.5 Å². The fraction of sp³-hybridized carbons (Fsp3) is 0.0476. The van der Waals surface area contributed by atoms with Crippen molar-refractivity contribution >= 4 is 55.2 Å². The number of nitrogens with one attached hydrogen (secondary N) is 1. The number of amidine groups is 1. The van der Waals surface area contributed by atoms with Crippen molar-refractivity contribution in [1.82, 2.24) is 10.4 Å². The molecule has 5 rings (SSSR count). The first-order valence-electron chi connectivity index (χ1n) is 8.71. The highest BCUT2D eigenvalue weighted by Crippen LogP contribution is 2.32. The number of benzene rings is 3. The molecule has 4 aromatic rings. The van der Waals surface area contributed by atoms with E-state index in [0.717, 1.165) is 32.4 Å². The van der Waals surface area contributed by atoms with Gasteiger partial charge in [0.05, 0.1) is 15.9 Å². The number of hydrogen-bond acceptors (Lipinski definition) is 6. The number of para-hydroxylation sites is 1. The first-order chi connectivity index (χ1) is 13.3. The minimum Gasteiger partial charge on any atom is -0.259 e. The number of anilines is 2. The van der Waals surface area contributed by atoms with Crippen LogP contribution in [0.1, 0.15) is 11.1 Å². The molecule has 0 spiro atoms. The molecule has 0 aliphatic carbocycles. The molecule has 1 N–H and O–H groups in total. The van der Waals surface area contributed by atoms with Crippen LogP contribution in [0, 0.1) is 6.92 Å². The maximum Gasteiger partial charge on any atom is 0.230 e. The molecular formula is C21H18BrN5S. The summed E-state index contributed by atoms with van der Waals surface area (Å²) < 4.78 is 1.14. The van der Waals surface area contributed by atoms with E-state index in [-0.39, 0.29) is 17.0 Å². The molecule has 0 amide bonds. The molecule has 0 radical (unpaired) electrons. The molecule has 0 fully saturated rings. The topological polar surface area (TPSA) is 43.8 Å². The van der Waals surface area contributed by atoms with Crippen molar-refractivity contribution in [2.75, 3.05) is 10.2 Å². The summed E-state index contributed by atoms with van der Waals surface area (Å²) in [6, 6.07) is 26.6. The van der Waals surface area contributed by atoms with Crippen molar-refractivity contribution in [1.29, 1.82) is 0 Å². The third kappa shape index (κ3) is 3.34. The van der Waals surface area contributed by atoms with Gasteiger partial charge in [-0.3, -0.25) is 5.43 Å². The van der Waals surface area contributed by atoms with Gasteiger partial charge in [0.15, 0.2) is 5.84 Å². The SMILES string of the molecule is Br.Cc1ccc(N2NC(c3ccccc3)=NN2c2nc3ccccc3s2)cc1. The maximum absolute atomic E-state index is 4.82. The van der Waals surface area contributed by atoms with Gasteiger partial charge in [-0.05, 0) is 31.2 Å². The van der Waals surface area contributed by atoms with Gasteiger partial charge in [-0.15, -0.1) is 27.2 Å². The predicted octanol–water partition coefficient (Wildman–Crippen LogP) is 5.29. The fourth-order valence-corrected chi connectivity index (χ4v) is 3.87. The van der Waals surface area contributed by atoms with Crippen LogP contribution in [0.3, 0.4) is 0 Å². The van der Waals surface area contributed by atoms with Crippen molar-refractivity contribution in [3.63, 3.8) is 0 Å². The third-order valence-corrected chi connectivity index (χ3v) is 5.38. The largest absolute Gasteiger partial charge is 0.259 e. The number of hydrogen-bond donors (Lipinski definition) is 1. The van der Waals surface area contributed by atoms with Crippen molar-refractivity contribution in [3.8, 4) is 0 Å². The van der Waals surface area contributed by atoms with Gasteiger partial charge in [-0.25, -0.2) is 4.98 Å². The van der Waals surface area contributed by atoms with Crippen LogP contribution in [0.4, 0.5) is 10.8 Å². The zero-order chi connectivity index (χ0) is 18.2. The molecular weight excluding hydrogens is 434 g/mol. The van der Waals surface area contributed by atoms with Gasteiger partial charge in [0.2, 0.25) is 5.13 Å². The number of hydrazine groups is 2. The molecule has 1 aliphatic rings. The van der Waals surface area contributed by atoms with Crippen molar-refractivity contribution in [3.05, 3.63) is 90.0 Å². The van der Waals surface area contributed by atoms with Crippen molar-refractivity contribution in [2.45, 2.75) is 6.92 Å². The summed E-state index contributed by atoms with van der Waals surface area (Å²) >= 11 is 1.62. The second kappa shape index (κ2) is 7.61. The fourth-order valence-electron chi connectivity index (χ4n) is 2.96. The van der Waals surface area contributed by atoms with Gasteiger partial charge in [0.1, 0.15) is 0 Å². The van der Waals surface area contributed by atoms with E-state index in [0.29, 0.717) is 0 Å². The van der Waals surface area contributed by atoms with Gasteiger partial charge in [-0.2, -0.15) is 5.12 Å². The van der Waals surface area contributed by atoms with Crippen LogP contribution in [0.2, 0.25) is 0 Å². The smallest absolute Gasteiger partial charge is 0.230 e. The standard InChI is InChI=1S/C21H17N5S.BrH/c1-15-11-13-17(14-12-15)25-23-20(16-7-3-2-4-8-16)24-26(25)21-22-18-9-5-6-10-19(18)27-21;/h2-14H,1H3,(H,23,24);1H. The number of aryl methyl sites for hydroxylation is 1. The first-order valence-corrected chi connectivity index (χ1v) is 9.53. The Morgan fingerprint density at radius 1 is 0.857 bits per heavy atom. The lowest BCUT2D eigenvalue weighted by Gasteiger charge is -2.25. The van der Waals surface area contributed by atoms with Crippen LogP contribution in [-0.2, 0) is 0 Å². The lowest BCUT2D eigenvalue weighted by molar-refractivity contribution is 0.768. The summed E-state index contributed by atoms with van der Waals surface area (Å²) in [7, 11) is 0. The lowest BCUT2D eigenvalue weighted by Crippen LogP contribution is -2.44. The first kappa shape index (κ1) is 18.5. The third-order valence-electron chi connectivity index (χ3n) is 4.38. The molecule has 2 heterocycles. The predicted molar refractivity (Wildman–Crippen MR) is 122 cm³/mol. The highest BCUT2D eigenvalue weighted by molar-refractivity contribution is 8.93. The van der Waals surface area contributed by atoms with Gasteiger partial charge >= 0.3 is 0 Å². The van der Waals surface area contributed by atoms with Gasteiger partial charge in [0, 0.05) is 5.56 Å². The number of rotatable bonds is 3. The second-order valence-electron chi connectivity index (χ2n) is 6.33. The average Bonchev–Trinajstić information content (AvgIpc) is 3.33. The van der Waals surface area contributed by atoms with E-state index in [1.165, 1.54) is 5.56 Å². The Labute approximate surface area is 177 Å². The second-order valence-corrected chi connectivity index (χ2v) is 7.34. The van der Waals surface area contributed by atoms with E-state index < -0.39 is 0 Å². The van der Waals surface area contributed by atoms with E-state index in [1.807, 2.05) is 58.8 Å². The Morgan fingerprint density at radius 3 is 2.32 bits per heavy atom. The Kier molecular flexibility index (Phi) is 5.02. The Bertz CT molecular complexity index is 1090. The van der Waals surface area contributed by atoms with E-state index >= 15 is 0 Å². The van der Waals surface area contributed by atoms with E-state index in [1.54, 1.807) is 11.3 Å². The molecule has 140 valence electrons. The number of aromatic nitrogens is 1. The zero-order valence-corrected chi connectivity index (χ0v) is 17.6. The van der Waals surface area contributed by atoms with Crippen LogP contribution in [0.5, 0.6) is 0 Å². The lowest BCUT2D eigenvalue weighted by atomic mass is 10.2. The van der Waals surface area contributed by atoms with Crippen LogP contribution >= 0.6 is 28.3 Å². The summed E-state index contributed by atoms with van der Waals surface area (Å²) in [4.78, 5) is 4.77. The minimum absolute atomic E-state index is 0. The van der Waals surface area contributed by atoms with Crippen LogP contribution in [0.25, 0.3) is 10.2 Å². The normalized spacial score (nSPS) is 13.2. The maximum atomic E-state index is 4.82. The molecule has 0 saturated heterocycles. The molecule has 1 aromatic heterocycles. The summed E-state index contributed by atoms with van der Waals surface area (Å²) in [5, 5.41) is 9.39. The van der Waals surface area contributed by atoms with Crippen LogP contribution in [0.15, 0.2) is 84.0 Å². The van der Waals surface area contributed by atoms with E-state index in [4.69, 9.17) is 10.1 Å². The average molecular weight is 452 g/mol. The number of fused-ring (bicyclic) bond motifs is 1. The Morgan fingerprint density at radius 2 is 1.57 bits per heavy atom. The summed E-state index contributed by atoms with van der Waals surface area (Å²) in [6.45, 7) is 2.08. The Hall–Kier alpha value is -2.90. The number of nitrogens with zero attached hydrogens (tertiary/aromatic N) is 4. The summed E-state index contributed by atoms with van der Waals surface area (Å²) in [5.74, 6) is 0.787. The van der Waals surface area contributed by atoms with E-state index in [2.05, 4.69) is 42.7 Å². The molecule has 0 unspecified atom stereocenters. The Balaban J connectivity index is 0.00000192. The number of hydrazone groups is 1. The highest BCUT2D eigenvalue weighted by Gasteiger charge is 2.28. The monoisotopic (exact) mass is 451 g/mol.